The van der Waals surface area contributed by atoms with E-state index < -0.39 is 16.3 Å². The van der Waals surface area contributed by atoms with Gasteiger partial charge in [0.1, 0.15) is 0 Å². The molecule has 0 saturated carbocycles. The highest BCUT2D eigenvalue weighted by molar-refractivity contribution is 7.91. The first kappa shape index (κ1) is 9.99. The Kier molecular flexibility index (Phi) is 2.54. The maximum Gasteiger partial charge on any atom is 0.249 e. The van der Waals surface area contributed by atoms with E-state index in [9.17, 15) is 8.42 Å². The highest BCUT2D eigenvalue weighted by Crippen LogP contribution is 2.28. The van der Waals surface area contributed by atoms with Gasteiger partial charge in [0.25, 0.3) is 0 Å². The number of hydrogen-bond acceptors (Lipinski definition) is 6. The van der Waals surface area contributed by atoms with Crippen LogP contribution in [0.25, 0.3) is 0 Å². The average molecular weight is 236 g/mol. The molecule has 1 aromatic heterocycles. The van der Waals surface area contributed by atoms with E-state index in [1.54, 1.807) is 0 Å². The molecule has 6 nitrogen and oxygen atoms in total. The van der Waals surface area contributed by atoms with Crippen LogP contribution < -0.4 is 5.14 Å². The lowest BCUT2D eigenvalue weighted by Gasteiger charge is -2.02. The van der Waals surface area contributed by atoms with Crippen molar-refractivity contribution in [1.82, 2.24) is 4.98 Å². The SMILES string of the molecule is NS(=O)(=O)c1cnc(C2OCCO2)s1. The molecule has 0 aliphatic carbocycles. The molecule has 2 N–H and O–H groups in total. The van der Waals surface area contributed by atoms with E-state index in [-0.39, 0.29) is 4.21 Å². The Morgan fingerprint density at radius 3 is 2.64 bits per heavy atom. The zero-order valence-corrected chi connectivity index (χ0v) is 8.68. The number of hydrogen-bond donors (Lipinski definition) is 1. The molecule has 0 atom stereocenters. The van der Waals surface area contributed by atoms with E-state index in [2.05, 4.69) is 4.98 Å². The summed E-state index contributed by atoms with van der Waals surface area (Å²) in [5, 5.41) is 5.41. The molecule has 1 aliphatic rings. The molecule has 0 amide bonds. The van der Waals surface area contributed by atoms with Gasteiger partial charge >= 0.3 is 0 Å². The lowest BCUT2D eigenvalue weighted by atomic mass is 10.7. The maximum absolute atomic E-state index is 10.9. The van der Waals surface area contributed by atoms with Gasteiger partial charge in [0, 0.05) is 0 Å². The second-order valence-electron chi connectivity index (χ2n) is 2.64. The first-order valence-electron chi connectivity index (χ1n) is 3.79. The minimum Gasteiger partial charge on any atom is -0.344 e. The number of primary sulfonamides is 1. The number of thiazole rings is 1. The molecule has 0 aromatic carbocycles. The summed E-state index contributed by atoms with van der Waals surface area (Å²) in [7, 11) is -3.67. The zero-order valence-electron chi connectivity index (χ0n) is 7.04. The van der Waals surface area contributed by atoms with Crippen LogP contribution >= 0.6 is 11.3 Å². The Hall–Kier alpha value is -0.540. The van der Waals surface area contributed by atoms with Gasteiger partial charge in [-0.2, -0.15) is 0 Å². The summed E-state index contributed by atoms with van der Waals surface area (Å²) in [5.74, 6) is 0. The molecular formula is C6H8N2O4S2. The summed E-state index contributed by atoms with van der Waals surface area (Å²) in [4.78, 5) is 3.87. The van der Waals surface area contributed by atoms with Crippen molar-refractivity contribution in [2.24, 2.45) is 5.14 Å². The van der Waals surface area contributed by atoms with Gasteiger partial charge in [0.2, 0.25) is 16.3 Å². The zero-order chi connectivity index (χ0) is 10.2. The summed E-state index contributed by atoms with van der Waals surface area (Å²) in [6.45, 7) is 0.990. The number of aromatic nitrogens is 1. The fraction of sp³-hybridized carbons (Fsp3) is 0.500. The average Bonchev–Trinajstić information content (AvgIpc) is 2.73. The highest BCUT2D eigenvalue weighted by atomic mass is 32.2. The second kappa shape index (κ2) is 3.55. The van der Waals surface area contributed by atoms with E-state index in [0.717, 1.165) is 11.3 Å². The van der Waals surface area contributed by atoms with E-state index in [0.29, 0.717) is 18.2 Å². The molecule has 8 heteroatoms. The van der Waals surface area contributed by atoms with Gasteiger partial charge in [-0.15, -0.1) is 11.3 Å². The molecule has 2 heterocycles. The van der Waals surface area contributed by atoms with Gasteiger partial charge < -0.3 is 9.47 Å². The molecule has 2 rings (SSSR count). The van der Waals surface area contributed by atoms with Crippen molar-refractivity contribution in [2.75, 3.05) is 13.2 Å². The topological polar surface area (TPSA) is 91.5 Å². The smallest absolute Gasteiger partial charge is 0.249 e. The van der Waals surface area contributed by atoms with Crippen LogP contribution in [0, 0.1) is 0 Å². The number of sulfonamides is 1. The Morgan fingerprint density at radius 2 is 2.14 bits per heavy atom. The van der Waals surface area contributed by atoms with Gasteiger partial charge in [-0.25, -0.2) is 18.5 Å². The van der Waals surface area contributed by atoms with E-state index in [1.165, 1.54) is 6.20 Å². The third-order valence-corrected chi connectivity index (χ3v) is 4.03. The summed E-state index contributed by atoms with van der Waals surface area (Å²) >= 11 is 0.963. The third kappa shape index (κ3) is 1.93. The normalized spacial score (nSPS) is 18.9. The minimum atomic E-state index is -3.67. The van der Waals surface area contributed by atoms with Crippen LogP contribution in [0.2, 0.25) is 0 Å². The fourth-order valence-electron chi connectivity index (χ4n) is 1.01. The van der Waals surface area contributed by atoms with E-state index in [4.69, 9.17) is 14.6 Å². The third-order valence-electron chi connectivity index (χ3n) is 1.61. The van der Waals surface area contributed by atoms with Crippen LogP contribution in [-0.2, 0) is 19.5 Å². The molecule has 1 aliphatic heterocycles. The van der Waals surface area contributed by atoms with Crippen molar-refractivity contribution in [3.8, 4) is 0 Å². The van der Waals surface area contributed by atoms with Gasteiger partial charge in [-0.3, -0.25) is 0 Å². The summed E-state index contributed by atoms with van der Waals surface area (Å²) in [5.41, 5.74) is 0. The molecule has 1 aromatic rings. The predicted octanol–water partition coefficient (Wildman–Crippen LogP) is -0.164. The Labute approximate surface area is 84.7 Å². The molecular weight excluding hydrogens is 228 g/mol. The molecule has 0 spiro atoms. The molecule has 14 heavy (non-hydrogen) atoms. The number of ether oxygens (including phenoxy) is 2. The predicted molar refractivity (Wildman–Crippen MR) is 48.1 cm³/mol. The van der Waals surface area contributed by atoms with Crippen LogP contribution in [-0.4, -0.2) is 26.6 Å². The van der Waals surface area contributed by atoms with Gasteiger partial charge in [0.05, 0.1) is 19.4 Å². The molecule has 1 fully saturated rings. The fourth-order valence-corrected chi connectivity index (χ4v) is 2.58. The van der Waals surface area contributed by atoms with Crippen LogP contribution in [0.4, 0.5) is 0 Å². The Balaban J connectivity index is 2.25. The van der Waals surface area contributed by atoms with E-state index in [1.807, 2.05) is 0 Å². The Bertz CT molecular complexity index is 421. The summed E-state index contributed by atoms with van der Waals surface area (Å²) in [6, 6.07) is 0. The van der Waals surface area contributed by atoms with Crippen molar-refractivity contribution in [3.63, 3.8) is 0 Å². The molecule has 0 unspecified atom stereocenters. The number of rotatable bonds is 2. The van der Waals surface area contributed by atoms with Crippen molar-refractivity contribution >= 4 is 21.4 Å². The summed E-state index contributed by atoms with van der Waals surface area (Å²) < 4.78 is 32.2. The molecule has 0 bridgehead atoms. The van der Waals surface area contributed by atoms with Crippen molar-refractivity contribution in [2.45, 2.75) is 10.5 Å². The van der Waals surface area contributed by atoms with Crippen LogP contribution in [0.15, 0.2) is 10.4 Å². The largest absolute Gasteiger partial charge is 0.344 e. The lowest BCUT2D eigenvalue weighted by molar-refractivity contribution is -0.0442. The van der Waals surface area contributed by atoms with Gasteiger partial charge in [-0.05, 0) is 0 Å². The maximum atomic E-state index is 10.9. The van der Waals surface area contributed by atoms with Crippen LogP contribution in [0.5, 0.6) is 0 Å². The first-order valence-corrected chi connectivity index (χ1v) is 6.15. The van der Waals surface area contributed by atoms with Crippen molar-refractivity contribution in [3.05, 3.63) is 11.2 Å². The second-order valence-corrected chi connectivity index (χ2v) is 5.49. The molecule has 1 saturated heterocycles. The standard InChI is InChI=1S/C6H8N2O4S2/c7-14(9,10)4-3-8-5(13-4)6-11-1-2-12-6/h3,6H,1-2H2,(H2,7,9,10). The number of nitrogens with two attached hydrogens (primary N) is 1. The van der Waals surface area contributed by atoms with Gasteiger partial charge in [-0.1, -0.05) is 0 Å². The van der Waals surface area contributed by atoms with E-state index >= 15 is 0 Å². The van der Waals surface area contributed by atoms with Crippen molar-refractivity contribution in [1.29, 1.82) is 0 Å². The van der Waals surface area contributed by atoms with Crippen molar-refractivity contribution < 1.29 is 17.9 Å². The molecule has 78 valence electrons. The molecule has 0 radical (unpaired) electrons. The highest BCUT2D eigenvalue weighted by Gasteiger charge is 2.23. The Morgan fingerprint density at radius 1 is 1.50 bits per heavy atom. The monoisotopic (exact) mass is 236 g/mol. The lowest BCUT2D eigenvalue weighted by Crippen LogP contribution is -2.09. The van der Waals surface area contributed by atoms with Gasteiger partial charge in [0.15, 0.2) is 9.22 Å². The minimum absolute atomic E-state index is 0.0200. The first-order chi connectivity index (χ1) is 6.57. The summed E-state index contributed by atoms with van der Waals surface area (Å²) in [6.07, 6.45) is 0.663. The number of nitrogens with zero attached hydrogens (tertiary/aromatic N) is 1. The van der Waals surface area contributed by atoms with Crippen LogP contribution in [0.3, 0.4) is 0 Å². The quantitative estimate of drug-likeness (QED) is 0.770. The van der Waals surface area contributed by atoms with Crippen LogP contribution in [0.1, 0.15) is 11.3 Å².